The topological polar surface area (TPSA) is 38.3 Å². The molecule has 3 nitrogen and oxygen atoms in total. The van der Waals surface area contributed by atoms with E-state index in [4.69, 9.17) is 4.74 Å². The molecule has 1 atom stereocenters. The number of rotatable bonds is 8. The Bertz CT molecular complexity index is 212. The first-order valence-electron chi connectivity index (χ1n) is 7.09. The zero-order valence-electron chi connectivity index (χ0n) is 11.3. The maximum absolute atomic E-state index is 11.6. The van der Waals surface area contributed by atoms with Crippen molar-refractivity contribution in [3.05, 3.63) is 0 Å². The van der Waals surface area contributed by atoms with E-state index in [-0.39, 0.29) is 12.0 Å². The molecule has 1 fully saturated rings. The quantitative estimate of drug-likeness (QED) is 0.664. The summed E-state index contributed by atoms with van der Waals surface area (Å²) in [5.41, 5.74) is 0. The molecule has 100 valence electrons. The highest BCUT2D eigenvalue weighted by Gasteiger charge is 2.19. The molecular formula is C14H27NO2. The van der Waals surface area contributed by atoms with Crippen molar-refractivity contribution in [3.63, 3.8) is 0 Å². The van der Waals surface area contributed by atoms with Gasteiger partial charge >= 0.3 is 5.97 Å². The monoisotopic (exact) mass is 241 g/mol. The zero-order valence-corrected chi connectivity index (χ0v) is 11.3. The second-order valence-electron chi connectivity index (χ2n) is 5.11. The summed E-state index contributed by atoms with van der Waals surface area (Å²) < 4.78 is 4.83. The normalized spacial score (nSPS) is 18.2. The van der Waals surface area contributed by atoms with Crippen LogP contribution in [0.25, 0.3) is 0 Å². The minimum absolute atomic E-state index is 0.0960. The van der Waals surface area contributed by atoms with E-state index in [1.54, 1.807) is 0 Å². The van der Waals surface area contributed by atoms with Gasteiger partial charge in [0.05, 0.1) is 7.11 Å². The maximum atomic E-state index is 11.6. The third-order valence-corrected chi connectivity index (χ3v) is 3.75. The fourth-order valence-corrected chi connectivity index (χ4v) is 2.61. The van der Waals surface area contributed by atoms with Crippen molar-refractivity contribution in [2.45, 2.75) is 64.3 Å². The van der Waals surface area contributed by atoms with Gasteiger partial charge in [0.15, 0.2) is 0 Å². The molecule has 1 aliphatic rings. The van der Waals surface area contributed by atoms with Crippen molar-refractivity contribution in [2.75, 3.05) is 13.7 Å². The van der Waals surface area contributed by atoms with E-state index >= 15 is 0 Å². The highest BCUT2D eigenvalue weighted by atomic mass is 16.5. The van der Waals surface area contributed by atoms with E-state index in [0.717, 1.165) is 31.7 Å². The number of hydrogen-bond acceptors (Lipinski definition) is 3. The van der Waals surface area contributed by atoms with Crippen LogP contribution in [0.3, 0.4) is 0 Å². The first-order chi connectivity index (χ1) is 8.27. The standard InChI is InChI=1S/C14H27NO2/c1-3-4-9-13(14(16)17-2)15-11-10-12-7-5-6-8-12/h12-13,15H,3-11H2,1-2H3. The van der Waals surface area contributed by atoms with Crippen molar-refractivity contribution in [1.29, 1.82) is 0 Å². The fraction of sp³-hybridized carbons (Fsp3) is 0.929. The van der Waals surface area contributed by atoms with Crippen LogP contribution in [0.1, 0.15) is 58.3 Å². The highest BCUT2D eigenvalue weighted by molar-refractivity contribution is 5.75. The van der Waals surface area contributed by atoms with Crippen LogP contribution < -0.4 is 5.32 Å². The molecule has 0 radical (unpaired) electrons. The average molecular weight is 241 g/mol. The van der Waals surface area contributed by atoms with Crippen LogP contribution in [-0.4, -0.2) is 25.7 Å². The SMILES string of the molecule is CCCCC(NCCC1CCCC1)C(=O)OC. The van der Waals surface area contributed by atoms with E-state index in [9.17, 15) is 4.79 Å². The van der Waals surface area contributed by atoms with Gasteiger partial charge in [-0.25, -0.2) is 0 Å². The number of esters is 1. The summed E-state index contributed by atoms with van der Waals surface area (Å²) in [6.07, 6.45) is 9.84. The molecule has 0 saturated heterocycles. The Hall–Kier alpha value is -0.570. The van der Waals surface area contributed by atoms with Gasteiger partial charge in [-0.2, -0.15) is 0 Å². The number of hydrogen-bond donors (Lipinski definition) is 1. The third-order valence-electron chi connectivity index (χ3n) is 3.75. The van der Waals surface area contributed by atoms with Crippen molar-refractivity contribution < 1.29 is 9.53 Å². The molecule has 17 heavy (non-hydrogen) atoms. The van der Waals surface area contributed by atoms with Crippen LogP contribution in [0.2, 0.25) is 0 Å². The van der Waals surface area contributed by atoms with Gasteiger partial charge in [0.2, 0.25) is 0 Å². The number of carbonyl (C=O) groups excluding carboxylic acids is 1. The van der Waals surface area contributed by atoms with E-state index < -0.39 is 0 Å². The van der Waals surface area contributed by atoms with Crippen molar-refractivity contribution in [2.24, 2.45) is 5.92 Å². The van der Waals surface area contributed by atoms with E-state index in [1.807, 2.05) is 0 Å². The molecule has 0 aromatic carbocycles. The van der Waals surface area contributed by atoms with Gasteiger partial charge in [0, 0.05) is 0 Å². The van der Waals surface area contributed by atoms with Crippen LogP contribution in [0.15, 0.2) is 0 Å². The Labute approximate surface area is 105 Å². The van der Waals surface area contributed by atoms with Gasteiger partial charge < -0.3 is 10.1 Å². The predicted molar refractivity (Wildman–Crippen MR) is 69.9 cm³/mol. The molecule has 1 aliphatic carbocycles. The minimum Gasteiger partial charge on any atom is -0.468 e. The van der Waals surface area contributed by atoms with Crippen molar-refractivity contribution >= 4 is 5.97 Å². The van der Waals surface area contributed by atoms with Gasteiger partial charge in [0.1, 0.15) is 6.04 Å². The Morgan fingerprint density at radius 2 is 2.12 bits per heavy atom. The number of methoxy groups -OCH3 is 1. The largest absolute Gasteiger partial charge is 0.468 e. The lowest BCUT2D eigenvalue weighted by Crippen LogP contribution is -2.38. The maximum Gasteiger partial charge on any atom is 0.322 e. The highest BCUT2D eigenvalue weighted by Crippen LogP contribution is 2.26. The summed E-state index contributed by atoms with van der Waals surface area (Å²) in [6.45, 7) is 3.10. The summed E-state index contributed by atoms with van der Waals surface area (Å²) in [7, 11) is 1.47. The Morgan fingerprint density at radius 3 is 2.71 bits per heavy atom. The lowest BCUT2D eigenvalue weighted by atomic mass is 10.0. The van der Waals surface area contributed by atoms with Crippen molar-refractivity contribution in [1.82, 2.24) is 5.32 Å². The molecule has 3 heteroatoms. The third kappa shape index (κ3) is 5.53. The van der Waals surface area contributed by atoms with E-state index in [2.05, 4.69) is 12.2 Å². The van der Waals surface area contributed by atoms with Gasteiger partial charge in [-0.15, -0.1) is 0 Å². The molecule has 0 aromatic heterocycles. The molecule has 0 bridgehead atoms. The van der Waals surface area contributed by atoms with Gasteiger partial charge in [-0.3, -0.25) is 4.79 Å². The number of nitrogens with one attached hydrogen (secondary N) is 1. The van der Waals surface area contributed by atoms with Gasteiger partial charge in [-0.1, -0.05) is 45.4 Å². The first-order valence-corrected chi connectivity index (χ1v) is 7.09. The number of ether oxygens (including phenoxy) is 1. The summed E-state index contributed by atoms with van der Waals surface area (Å²) in [6, 6.07) is -0.0960. The van der Waals surface area contributed by atoms with Gasteiger partial charge in [-0.05, 0) is 25.3 Å². The second kappa shape index (κ2) is 8.51. The summed E-state index contributed by atoms with van der Waals surface area (Å²) >= 11 is 0. The molecule has 0 spiro atoms. The van der Waals surface area contributed by atoms with E-state index in [0.29, 0.717) is 0 Å². The molecule has 1 N–H and O–H groups in total. The molecule has 0 aromatic rings. The average Bonchev–Trinajstić information content (AvgIpc) is 2.85. The molecular weight excluding hydrogens is 214 g/mol. The summed E-state index contributed by atoms with van der Waals surface area (Å²) in [5.74, 6) is 0.775. The number of carbonyl (C=O) groups is 1. The van der Waals surface area contributed by atoms with Crippen LogP contribution in [0.4, 0.5) is 0 Å². The Morgan fingerprint density at radius 1 is 1.41 bits per heavy atom. The number of unbranched alkanes of at least 4 members (excludes halogenated alkanes) is 1. The molecule has 1 unspecified atom stereocenters. The molecule has 1 saturated carbocycles. The lowest BCUT2D eigenvalue weighted by molar-refractivity contribution is -0.143. The van der Waals surface area contributed by atoms with Crippen LogP contribution in [-0.2, 0) is 9.53 Å². The van der Waals surface area contributed by atoms with Crippen LogP contribution in [0.5, 0.6) is 0 Å². The predicted octanol–water partition coefficient (Wildman–Crippen LogP) is 2.89. The smallest absolute Gasteiger partial charge is 0.322 e. The first kappa shape index (κ1) is 14.5. The minimum atomic E-state index is -0.107. The second-order valence-corrected chi connectivity index (χ2v) is 5.11. The molecule has 0 amide bonds. The van der Waals surface area contributed by atoms with Crippen molar-refractivity contribution in [3.8, 4) is 0 Å². The lowest BCUT2D eigenvalue weighted by Gasteiger charge is -2.17. The van der Waals surface area contributed by atoms with Crippen LogP contribution >= 0.6 is 0 Å². The van der Waals surface area contributed by atoms with Gasteiger partial charge in [0.25, 0.3) is 0 Å². The zero-order chi connectivity index (χ0) is 12.5. The summed E-state index contributed by atoms with van der Waals surface area (Å²) in [5, 5.41) is 3.36. The summed E-state index contributed by atoms with van der Waals surface area (Å²) in [4.78, 5) is 11.6. The molecule has 1 rings (SSSR count). The fourth-order valence-electron chi connectivity index (χ4n) is 2.61. The Kier molecular flexibility index (Phi) is 7.25. The van der Waals surface area contributed by atoms with E-state index in [1.165, 1.54) is 39.2 Å². The molecule has 0 aliphatic heterocycles. The van der Waals surface area contributed by atoms with Crippen LogP contribution in [0, 0.1) is 5.92 Å². The molecule has 0 heterocycles. The Balaban J connectivity index is 2.19.